The van der Waals surface area contributed by atoms with Gasteiger partial charge in [0, 0.05) is 18.8 Å². The summed E-state index contributed by atoms with van der Waals surface area (Å²) in [5, 5.41) is 8.71. The topological polar surface area (TPSA) is 44.1 Å². The predicted molar refractivity (Wildman–Crippen MR) is 73.4 cm³/mol. The van der Waals surface area contributed by atoms with Crippen molar-refractivity contribution in [2.24, 2.45) is 0 Å². The maximum Gasteiger partial charge on any atom is 0.227 e. The SMILES string of the molecule is CN(C(=O)Cc1ccc(C#N)cc1)C1CCSC1. The molecule has 3 nitrogen and oxygen atoms in total. The molecule has 1 atom stereocenters. The molecule has 1 aliphatic rings. The van der Waals surface area contributed by atoms with Gasteiger partial charge in [-0.1, -0.05) is 12.1 Å². The van der Waals surface area contributed by atoms with E-state index < -0.39 is 0 Å². The Labute approximate surface area is 112 Å². The molecule has 2 rings (SSSR count). The number of nitriles is 1. The molecule has 1 aromatic carbocycles. The normalized spacial score (nSPS) is 18.3. The highest BCUT2D eigenvalue weighted by molar-refractivity contribution is 7.99. The van der Waals surface area contributed by atoms with Crippen LogP contribution in [-0.2, 0) is 11.2 Å². The van der Waals surface area contributed by atoms with Crippen molar-refractivity contribution in [2.45, 2.75) is 18.9 Å². The summed E-state index contributed by atoms with van der Waals surface area (Å²) in [4.78, 5) is 14.0. The van der Waals surface area contributed by atoms with Crippen molar-refractivity contribution in [1.29, 1.82) is 5.26 Å². The minimum Gasteiger partial charge on any atom is -0.342 e. The van der Waals surface area contributed by atoms with E-state index in [1.54, 1.807) is 12.1 Å². The van der Waals surface area contributed by atoms with E-state index in [1.165, 1.54) is 0 Å². The van der Waals surface area contributed by atoms with Gasteiger partial charge < -0.3 is 4.90 Å². The summed E-state index contributed by atoms with van der Waals surface area (Å²) >= 11 is 1.91. The molecule has 1 saturated heterocycles. The standard InChI is InChI=1S/C14H16N2OS/c1-16(13-6-7-18-10-13)14(17)8-11-2-4-12(9-15)5-3-11/h2-5,13H,6-8,10H2,1H3. The molecule has 0 saturated carbocycles. The zero-order valence-corrected chi connectivity index (χ0v) is 11.2. The quantitative estimate of drug-likeness (QED) is 0.835. The molecule has 1 aromatic rings. The van der Waals surface area contributed by atoms with Crippen molar-refractivity contribution in [2.75, 3.05) is 18.6 Å². The molecule has 1 fully saturated rings. The number of amides is 1. The first-order valence-corrected chi connectivity index (χ1v) is 7.18. The second-order valence-electron chi connectivity index (χ2n) is 4.51. The van der Waals surface area contributed by atoms with Crippen molar-refractivity contribution in [3.8, 4) is 6.07 Å². The molecular weight excluding hydrogens is 244 g/mol. The van der Waals surface area contributed by atoms with Crippen LogP contribution in [0.1, 0.15) is 17.5 Å². The molecule has 0 N–H and O–H groups in total. The van der Waals surface area contributed by atoms with E-state index in [0.29, 0.717) is 18.0 Å². The van der Waals surface area contributed by atoms with Crippen molar-refractivity contribution >= 4 is 17.7 Å². The lowest BCUT2D eigenvalue weighted by molar-refractivity contribution is -0.130. The average Bonchev–Trinajstić information content (AvgIpc) is 2.92. The Balaban J connectivity index is 1.95. The van der Waals surface area contributed by atoms with Crippen LogP contribution in [-0.4, -0.2) is 35.4 Å². The minimum atomic E-state index is 0.159. The number of rotatable bonds is 3. The summed E-state index contributed by atoms with van der Waals surface area (Å²) in [6, 6.07) is 9.69. The molecule has 1 aliphatic heterocycles. The molecule has 0 aromatic heterocycles. The van der Waals surface area contributed by atoms with Crippen LogP contribution in [0.5, 0.6) is 0 Å². The van der Waals surface area contributed by atoms with Crippen LogP contribution in [0.4, 0.5) is 0 Å². The summed E-state index contributed by atoms with van der Waals surface area (Å²) in [7, 11) is 1.89. The number of carbonyl (C=O) groups is 1. The number of carbonyl (C=O) groups excluding carboxylic acids is 1. The van der Waals surface area contributed by atoms with Gasteiger partial charge in [-0.15, -0.1) is 0 Å². The van der Waals surface area contributed by atoms with Gasteiger partial charge in [0.25, 0.3) is 0 Å². The molecular formula is C14H16N2OS. The van der Waals surface area contributed by atoms with E-state index in [-0.39, 0.29) is 5.91 Å². The van der Waals surface area contributed by atoms with Crippen LogP contribution in [0.3, 0.4) is 0 Å². The Hall–Kier alpha value is -1.47. The molecule has 0 aliphatic carbocycles. The number of hydrogen-bond donors (Lipinski definition) is 0. The van der Waals surface area contributed by atoms with Crippen LogP contribution in [0.2, 0.25) is 0 Å². The Bertz CT molecular complexity index is 458. The highest BCUT2D eigenvalue weighted by Gasteiger charge is 2.23. The van der Waals surface area contributed by atoms with Gasteiger partial charge in [-0.25, -0.2) is 0 Å². The maximum atomic E-state index is 12.1. The third-order valence-corrected chi connectivity index (χ3v) is 4.43. The second-order valence-corrected chi connectivity index (χ2v) is 5.66. The van der Waals surface area contributed by atoms with Crippen molar-refractivity contribution in [1.82, 2.24) is 4.90 Å². The third kappa shape index (κ3) is 3.05. The minimum absolute atomic E-state index is 0.159. The van der Waals surface area contributed by atoms with E-state index in [1.807, 2.05) is 35.8 Å². The molecule has 0 radical (unpaired) electrons. The zero-order valence-electron chi connectivity index (χ0n) is 10.4. The molecule has 4 heteroatoms. The molecule has 0 bridgehead atoms. The lowest BCUT2D eigenvalue weighted by Gasteiger charge is -2.23. The first-order valence-electron chi connectivity index (χ1n) is 6.03. The molecule has 1 unspecified atom stereocenters. The van der Waals surface area contributed by atoms with E-state index in [2.05, 4.69) is 6.07 Å². The summed E-state index contributed by atoms with van der Waals surface area (Å²) < 4.78 is 0. The predicted octanol–water partition coefficient (Wildman–Crippen LogP) is 2.06. The number of hydrogen-bond acceptors (Lipinski definition) is 3. The molecule has 18 heavy (non-hydrogen) atoms. The second kappa shape index (κ2) is 5.92. The summed E-state index contributed by atoms with van der Waals surface area (Å²) in [6.45, 7) is 0. The smallest absolute Gasteiger partial charge is 0.227 e. The van der Waals surface area contributed by atoms with Crippen molar-refractivity contribution in [3.63, 3.8) is 0 Å². The third-order valence-electron chi connectivity index (χ3n) is 3.29. The first-order chi connectivity index (χ1) is 8.70. The van der Waals surface area contributed by atoms with Crippen LogP contribution in [0.25, 0.3) is 0 Å². The van der Waals surface area contributed by atoms with Gasteiger partial charge in [0.15, 0.2) is 0 Å². The largest absolute Gasteiger partial charge is 0.342 e. The lowest BCUT2D eigenvalue weighted by atomic mass is 10.1. The Morgan fingerprint density at radius 1 is 1.50 bits per heavy atom. The highest BCUT2D eigenvalue weighted by Crippen LogP contribution is 2.21. The Morgan fingerprint density at radius 3 is 2.78 bits per heavy atom. The summed E-state index contributed by atoms with van der Waals surface area (Å²) in [5.74, 6) is 2.36. The fourth-order valence-electron chi connectivity index (χ4n) is 2.03. The van der Waals surface area contributed by atoms with E-state index in [0.717, 1.165) is 23.5 Å². The monoisotopic (exact) mass is 260 g/mol. The summed E-state index contributed by atoms with van der Waals surface area (Å²) in [5.41, 5.74) is 1.60. The zero-order chi connectivity index (χ0) is 13.0. The van der Waals surface area contributed by atoms with Crippen LogP contribution >= 0.6 is 11.8 Å². The maximum absolute atomic E-state index is 12.1. The van der Waals surface area contributed by atoms with E-state index >= 15 is 0 Å². The average molecular weight is 260 g/mol. The molecule has 1 heterocycles. The number of thioether (sulfide) groups is 1. The van der Waals surface area contributed by atoms with Gasteiger partial charge in [0.2, 0.25) is 5.91 Å². The molecule has 1 amide bonds. The fourth-order valence-corrected chi connectivity index (χ4v) is 3.30. The Kier molecular flexibility index (Phi) is 4.27. The Morgan fingerprint density at radius 2 is 2.22 bits per heavy atom. The highest BCUT2D eigenvalue weighted by atomic mass is 32.2. The van der Waals surface area contributed by atoms with E-state index in [4.69, 9.17) is 5.26 Å². The number of nitrogens with zero attached hydrogens (tertiary/aromatic N) is 2. The molecule has 0 spiro atoms. The molecule has 94 valence electrons. The number of benzene rings is 1. The van der Waals surface area contributed by atoms with Gasteiger partial charge in [-0.2, -0.15) is 17.0 Å². The van der Waals surface area contributed by atoms with Gasteiger partial charge >= 0.3 is 0 Å². The van der Waals surface area contributed by atoms with Crippen molar-refractivity contribution in [3.05, 3.63) is 35.4 Å². The fraction of sp³-hybridized carbons (Fsp3) is 0.429. The summed E-state index contributed by atoms with van der Waals surface area (Å²) in [6.07, 6.45) is 1.52. The number of likely N-dealkylation sites (N-methyl/N-ethyl adjacent to an activating group) is 1. The van der Waals surface area contributed by atoms with Crippen molar-refractivity contribution < 1.29 is 4.79 Å². The van der Waals surface area contributed by atoms with E-state index in [9.17, 15) is 4.79 Å². The van der Waals surface area contributed by atoms with Gasteiger partial charge in [0.05, 0.1) is 18.1 Å². The first kappa shape index (κ1) is 13.0. The van der Waals surface area contributed by atoms with Gasteiger partial charge in [-0.05, 0) is 29.9 Å². The van der Waals surface area contributed by atoms with Gasteiger partial charge in [-0.3, -0.25) is 4.79 Å². The van der Waals surface area contributed by atoms with Crippen LogP contribution in [0.15, 0.2) is 24.3 Å². The van der Waals surface area contributed by atoms with Crippen LogP contribution < -0.4 is 0 Å². The van der Waals surface area contributed by atoms with Gasteiger partial charge in [0.1, 0.15) is 0 Å². The van der Waals surface area contributed by atoms with Crippen LogP contribution in [0, 0.1) is 11.3 Å². The lowest BCUT2D eigenvalue weighted by Crippen LogP contribution is -2.37.